The van der Waals surface area contributed by atoms with E-state index in [4.69, 9.17) is 11.6 Å². The van der Waals surface area contributed by atoms with Crippen molar-refractivity contribution in [3.63, 3.8) is 0 Å². The third-order valence-corrected chi connectivity index (χ3v) is 2.07. The lowest BCUT2D eigenvalue weighted by Gasteiger charge is -2.14. The SMILES string of the molecule is O=C(CCl)c1ccc(OC(F)F)c(OC(F)(F)F)c1. The molecule has 106 valence electrons. The summed E-state index contributed by atoms with van der Waals surface area (Å²) in [7, 11) is 0. The second-order valence-electron chi connectivity index (χ2n) is 3.14. The molecule has 0 spiro atoms. The van der Waals surface area contributed by atoms with Gasteiger partial charge in [-0.15, -0.1) is 24.8 Å². The molecule has 19 heavy (non-hydrogen) atoms. The summed E-state index contributed by atoms with van der Waals surface area (Å²) in [6.45, 7) is -3.33. The van der Waals surface area contributed by atoms with E-state index in [9.17, 15) is 26.7 Å². The maximum Gasteiger partial charge on any atom is 0.573 e. The summed E-state index contributed by atoms with van der Waals surface area (Å²) >= 11 is 5.23. The molecule has 1 aromatic rings. The predicted molar refractivity (Wildman–Crippen MR) is 54.8 cm³/mol. The highest BCUT2D eigenvalue weighted by molar-refractivity contribution is 6.30. The Labute approximate surface area is 108 Å². The van der Waals surface area contributed by atoms with Gasteiger partial charge >= 0.3 is 13.0 Å². The molecule has 9 heteroatoms. The predicted octanol–water partition coefficient (Wildman–Crippen LogP) is 3.61. The summed E-state index contributed by atoms with van der Waals surface area (Å²) in [4.78, 5) is 11.2. The van der Waals surface area contributed by atoms with Gasteiger partial charge in [-0.25, -0.2) is 0 Å². The topological polar surface area (TPSA) is 35.5 Å². The zero-order valence-electron chi connectivity index (χ0n) is 9.01. The van der Waals surface area contributed by atoms with E-state index in [1.165, 1.54) is 0 Å². The minimum atomic E-state index is -5.11. The fourth-order valence-corrected chi connectivity index (χ4v) is 1.31. The van der Waals surface area contributed by atoms with Crippen molar-refractivity contribution in [3.05, 3.63) is 23.8 Å². The average molecular weight is 305 g/mol. The number of alkyl halides is 6. The van der Waals surface area contributed by atoms with E-state index in [1.807, 2.05) is 0 Å². The fraction of sp³-hybridized carbons (Fsp3) is 0.300. The summed E-state index contributed by atoms with van der Waals surface area (Å²) in [5.41, 5.74) is -0.212. The van der Waals surface area contributed by atoms with Crippen LogP contribution in [-0.2, 0) is 0 Å². The number of rotatable bonds is 5. The molecule has 0 aliphatic carbocycles. The molecule has 0 aliphatic heterocycles. The summed E-state index contributed by atoms with van der Waals surface area (Å²) in [6, 6.07) is 2.41. The molecule has 0 radical (unpaired) electrons. The molecule has 0 fully saturated rings. The van der Waals surface area contributed by atoms with Crippen molar-refractivity contribution in [3.8, 4) is 11.5 Å². The minimum Gasteiger partial charge on any atom is -0.431 e. The van der Waals surface area contributed by atoms with Gasteiger partial charge in [0.25, 0.3) is 0 Å². The first-order chi connectivity index (χ1) is 8.73. The van der Waals surface area contributed by atoms with E-state index in [0.717, 1.165) is 12.1 Å². The van der Waals surface area contributed by atoms with E-state index < -0.39 is 36.1 Å². The van der Waals surface area contributed by atoms with Gasteiger partial charge in [0.05, 0.1) is 5.88 Å². The van der Waals surface area contributed by atoms with Gasteiger partial charge in [0.1, 0.15) is 0 Å². The molecular formula is C10H6ClF5O3. The monoisotopic (exact) mass is 304 g/mol. The highest BCUT2D eigenvalue weighted by atomic mass is 35.5. The molecule has 0 atom stereocenters. The molecule has 0 aromatic heterocycles. The van der Waals surface area contributed by atoms with E-state index in [-0.39, 0.29) is 5.56 Å². The van der Waals surface area contributed by atoms with Crippen molar-refractivity contribution in [1.29, 1.82) is 0 Å². The van der Waals surface area contributed by atoms with E-state index in [2.05, 4.69) is 9.47 Å². The smallest absolute Gasteiger partial charge is 0.431 e. The normalized spacial score (nSPS) is 11.5. The van der Waals surface area contributed by atoms with Gasteiger partial charge in [-0.2, -0.15) is 8.78 Å². The fourth-order valence-electron chi connectivity index (χ4n) is 1.16. The Bertz CT molecular complexity index is 461. The van der Waals surface area contributed by atoms with Crippen molar-refractivity contribution < 1.29 is 36.2 Å². The third kappa shape index (κ3) is 4.90. The molecule has 0 bridgehead atoms. The van der Waals surface area contributed by atoms with Crippen molar-refractivity contribution in [1.82, 2.24) is 0 Å². The molecular weight excluding hydrogens is 299 g/mol. The van der Waals surface area contributed by atoms with Crippen LogP contribution in [0.3, 0.4) is 0 Å². The number of hydrogen-bond acceptors (Lipinski definition) is 3. The molecule has 0 aliphatic rings. The van der Waals surface area contributed by atoms with Crippen LogP contribution in [0.1, 0.15) is 10.4 Å². The lowest BCUT2D eigenvalue weighted by molar-refractivity contribution is -0.275. The average Bonchev–Trinajstić information content (AvgIpc) is 2.28. The molecule has 0 heterocycles. The number of halogens is 6. The zero-order valence-corrected chi connectivity index (χ0v) is 9.76. The Kier molecular flexibility index (Phi) is 4.93. The minimum absolute atomic E-state index is 0.212. The molecule has 1 rings (SSSR count). The van der Waals surface area contributed by atoms with Crippen LogP contribution in [0.4, 0.5) is 22.0 Å². The first-order valence-corrected chi connectivity index (χ1v) is 5.20. The van der Waals surface area contributed by atoms with Gasteiger partial charge < -0.3 is 9.47 Å². The van der Waals surface area contributed by atoms with Crippen LogP contribution < -0.4 is 9.47 Å². The van der Waals surface area contributed by atoms with Crippen LogP contribution in [0.2, 0.25) is 0 Å². The molecule has 0 saturated heterocycles. The van der Waals surface area contributed by atoms with Crippen molar-refractivity contribution in [2.45, 2.75) is 13.0 Å². The number of ether oxygens (including phenoxy) is 2. The van der Waals surface area contributed by atoms with Crippen LogP contribution in [0.5, 0.6) is 11.5 Å². The number of carbonyl (C=O) groups excluding carboxylic acids is 1. The standard InChI is InChI=1S/C10H6ClF5O3/c11-4-6(17)5-1-2-7(18-9(12)13)8(3-5)19-10(14,15)16/h1-3,9H,4H2. The van der Waals surface area contributed by atoms with Crippen molar-refractivity contribution >= 4 is 17.4 Å². The molecule has 1 aromatic carbocycles. The van der Waals surface area contributed by atoms with Gasteiger partial charge in [0.15, 0.2) is 17.3 Å². The number of hydrogen-bond donors (Lipinski definition) is 0. The van der Waals surface area contributed by atoms with Gasteiger partial charge in [-0.05, 0) is 18.2 Å². The van der Waals surface area contributed by atoms with Crippen LogP contribution in [0.15, 0.2) is 18.2 Å². The Balaban J connectivity index is 3.14. The van der Waals surface area contributed by atoms with E-state index in [0.29, 0.717) is 6.07 Å². The number of benzene rings is 1. The largest absolute Gasteiger partial charge is 0.573 e. The van der Waals surface area contributed by atoms with E-state index >= 15 is 0 Å². The number of Topliss-reactive ketones (excluding diaryl/α,β-unsaturated/α-hetero) is 1. The molecule has 0 unspecified atom stereocenters. The van der Waals surface area contributed by atoms with Gasteiger partial charge in [0, 0.05) is 5.56 Å². The Morgan fingerprint density at radius 1 is 1.26 bits per heavy atom. The lowest BCUT2D eigenvalue weighted by Crippen LogP contribution is -2.18. The summed E-state index contributed by atoms with van der Waals surface area (Å²) in [5, 5.41) is 0. The maximum absolute atomic E-state index is 12.1. The Morgan fingerprint density at radius 3 is 2.37 bits per heavy atom. The number of ketones is 1. The van der Waals surface area contributed by atoms with Crippen LogP contribution in [0, 0.1) is 0 Å². The zero-order chi connectivity index (χ0) is 14.6. The molecule has 0 N–H and O–H groups in total. The summed E-state index contributed by atoms with van der Waals surface area (Å²) in [6.07, 6.45) is -5.11. The van der Waals surface area contributed by atoms with Gasteiger partial charge in [0.2, 0.25) is 0 Å². The second kappa shape index (κ2) is 6.05. The maximum atomic E-state index is 12.1. The highest BCUT2D eigenvalue weighted by Gasteiger charge is 2.33. The lowest BCUT2D eigenvalue weighted by atomic mass is 10.1. The van der Waals surface area contributed by atoms with Crippen LogP contribution >= 0.6 is 11.6 Å². The van der Waals surface area contributed by atoms with Gasteiger partial charge in [-0.3, -0.25) is 4.79 Å². The highest BCUT2D eigenvalue weighted by Crippen LogP contribution is 2.34. The second-order valence-corrected chi connectivity index (χ2v) is 3.41. The van der Waals surface area contributed by atoms with Crippen LogP contribution in [0.25, 0.3) is 0 Å². The molecule has 0 amide bonds. The van der Waals surface area contributed by atoms with Crippen molar-refractivity contribution in [2.75, 3.05) is 5.88 Å². The molecule has 3 nitrogen and oxygen atoms in total. The Hall–Kier alpha value is -1.57. The summed E-state index contributed by atoms with van der Waals surface area (Å²) < 4.78 is 67.7. The first-order valence-electron chi connectivity index (χ1n) is 4.66. The quantitative estimate of drug-likeness (QED) is 0.473. The Morgan fingerprint density at radius 2 is 1.89 bits per heavy atom. The third-order valence-electron chi connectivity index (χ3n) is 1.83. The van der Waals surface area contributed by atoms with Gasteiger partial charge in [-0.1, -0.05) is 0 Å². The summed E-state index contributed by atoms with van der Waals surface area (Å²) in [5.74, 6) is -3.03. The van der Waals surface area contributed by atoms with Crippen LogP contribution in [-0.4, -0.2) is 24.6 Å². The van der Waals surface area contributed by atoms with Crippen molar-refractivity contribution in [2.24, 2.45) is 0 Å². The first kappa shape index (κ1) is 15.5. The number of carbonyl (C=O) groups is 1. The van der Waals surface area contributed by atoms with E-state index in [1.54, 1.807) is 0 Å². The molecule has 0 saturated carbocycles.